The first-order chi connectivity index (χ1) is 8.47. The summed E-state index contributed by atoms with van der Waals surface area (Å²) in [6.45, 7) is 0.700. The van der Waals surface area contributed by atoms with Gasteiger partial charge in [-0.05, 0) is 24.6 Å². The first-order valence-electron chi connectivity index (χ1n) is 5.29. The van der Waals surface area contributed by atoms with Crippen molar-refractivity contribution in [2.45, 2.75) is 11.3 Å². The zero-order chi connectivity index (χ0) is 13.6. The lowest BCUT2D eigenvalue weighted by Gasteiger charge is -2.07. The predicted octanol–water partition coefficient (Wildman–Crippen LogP) is 0.700. The van der Waals surface area contributed by atoms with Gasteiger partial charge in [0.05, 0.1) is 10.5 Å². The van der Waals surface area contributed by atoms with Gasteiger partial charge in [0.2, 0.25) is 10.0 Å². The minimum atomic E-state index is -3.67. The molecule has 0 aromatic heterocycles. The van der Waals surface area contributed by atoms with Gasteiger partial charge in [0.15, 0.2) is 0 Å². The van der Waals surface area contributed by atoms with Crippen LogP contribution in [0.4, 0.5) is 0 Å². The van der Waals surface area contributed by atoms with Crippen molar-refractivity contribution in [3.05, 3.63) is 29.8 Å². The van der Waals surface area contributed by atoms with Crippen molar-refractivity contribution in [1.29, 1.82) is 0 Å². The number of carboxylic acid groups (broad SMARTS) is 1. The van der Waals surface area contributed by atoms with Crippen molar-refractivity contribution in [2.24, 2.45) is 0 Å². The highest BCUT2D eigenvalue weighted by Gasteiger charge is 2.15. The zero-order valence-corrected chi connectivity index (χ0v) is 10.7. The second-order valence-electron chi connectivity index (χ2n) is 3.58. The summed E-state index contributed by atoms with van der Waals surface area (Å²) in [7, 11) is -2.13. The molecule has 0 atom stereocenters. The molecule has 2 N–H and O–H groups in total. The lowest BCUT2D eigenvalue weighted by Crippen LogP contribution is -2.25. The highest BCUT2D eigenvalue weighted by molar-refractivity contribution is 7.89. The molecule has 100 valence electrons. The maximum Gasteiger partial charge on any atom is 0.335 e. The lowest BCUT2D eigenvalue weighted by molar-refractivity contribution is 0.0696. The summed E-state index contributed by atoms with van der Waals surface area (Å²) >= 11 is 0. The second-order valence-corrected chi connectivity index (χ2v) is 5.34. The van der Waals surface area contributed by atoms with Crippen LogP contribution in [0.25, 0.3) is 0 Å². The van der Waals surface area contributed by atoms with Gasteiger partial charge in [-0.2, -0.15) is 0 Å². The highest BCUT2D eigenvalue weighted by Crippen LogP contribution is 2.11. The number of hydrogen-bond donors (Lipinski definition) is 2. The van der Waals surface area contributed by atoms with Crippen LogP contribution in [0.1, 0.15) is 16.8 Å². The average molecular weight is 273 g/mol. The van der Waals surface area contributed by atoms with Gasteiger partial charge < -0.3 is 9.84 Å². The first kappa shape index (κ1) is 14.6. The number of hydrogen-bond acceptors (Lipinski definition) is 4. The summed E-state index contributed by atoms with van der Waals surface area (Å²) in [6.07, 6.45) is 0.550. The van der Waals surface area contributed by atoms with E-state index < -0.39 is 16.0 Å². The Morgan fingerprint density at radius 1 is 1.44 bits per heavy atom. The Morgan fingerprint density at radius 2 is 2.17 bits per heavy atom. The van der Waals surface area contributed by atoms with Gasteiger partial charge in [-0.25, -0.2) is 17.9 Å². The molecule has 0 bridgehead atoms. The molecule has 18 heavy (non-hydrogen) atoms. The monoisotopic (exact) mass is 273 g/mol. The minimum Gasteiger partial charge on any atom is -0.478 e. The molecule has 0 radical (unpaired) electrons. The number of nitrogens with one attached hydrogen (secondary N) is 1. The van der Waals surface area contributed by atoms with Crippen LogP contribution in [-0.2, 0) is 14.8 Å². The minimum absolute atomic E-state index is 0.0557. The Balaban J connectivity index is 2.78. The number of carboxylic acids is 1. The van der Waals surface area contributed by atoms with Crippen LogP contribution in [-0.4, -0.2) is 39.8 Å². The molecule has 7 heteroatoms. The van der Waals surface area contributed by atoms with Crippen LogP contribution < -0.4 is 4.72 Å². The van der Waals surface area contributed by atoms with Crippen LogP contribution in [0.5, 0.6) is 0 Å². The third kappa shape index (κ3) is 4.10. The summed E-state index contributed by atoms with van der Waals surface area (Å²) in [4.78, 5) is 10.7. The second kappa shape index (κ2) is 6.48. The predicted molar refractivity (Wildman–Crippen MR) is 65.1 cm³/mol. The molecular weight excluding hydrogens is 258 g/mol. The fraction of sp³-hybridized carbons (Fsp3) is 0.364. The summed E-state index contributed by atoms with van der Waals surface area (Å²) in [5.74, 6) is -1.16. The molecule has 0 spiro atoms. The molecular formula is C11H15NO5S. The summed E-state index contributed by atoms with van der Waals surface area (Å²) in [5.41, 5.74) is -0.0604. The molecule has 0 aliphatic heterocycles. The molecule has 1 aromatic carbocycles. The Labute approximate surface area is 106 Å². The molecule has 0 unspecified atom stereocenters. The van der Waals surface area contributed by atoms with E-state index in [4.69, 9.17) is 9.84 Å². The van der Waals surface area contributed by atoms with Crippen LogP contribution >= 0.6 is 0 Å². The number of rotatable bonds is 7. The standard InChI is InChI=1S/C11H15NO5S/c1-17-7-3-6-12-18(15,16)10-5-2-4-9(8-10)11(13)14/h2,4-5,8,12H,3,6-7H2,1H3,(H,13,14). The van der Waals surface area contributed by atoms with Crippen LogP contribution in [0.3, 0.4) is 0 Å². The molecule has 0 saturated carbocycles. The number of sulfonamides is 1. The van der Waals surface area contributed by atoms with E-state index in [9.17, 15) is 13.2 Å². The van der Waals surface area contributed by atoms with Crippen LogP contribution in [0.15, 0.2) is 29.2 Å². The van der Waals surface area contributed by atoms with Crippen LogP contribution in [0.2, 0.25) is 0 Å². The van der Waals surface area contributed by atoms with Crippen molar-refractivity contribution in [3.8, 4) is 0 Å². The average Bonchev–Trinajstić information content (AvgIpc) is 2.35. The largest absolute Gasteiger partial charge is 0.478 e. The molecule has 1 rings (SSSR count). The third-order valence-electron chi connectivity index (χ3n) is 2.21. The quantitative estimate of drug-likeness (QED) is 0.713. The van der Waals surface area contributed by atoms with E-state index in [-0.39, 0.29) is 17.0 Å². The van der Waals surface area contributed by atoms with Crippen LogP contribution in [0, 0.1) is 0 Å². The van der Waals surface area contributed by atoms with Gasteiger partial charge in [-0.1, -0.05) is 6.07 Å². The maximum absolute atomic E-state index is 11.8. The number of carbonyl (C=O) groups is 1. The smallest absolute Gasteiger partial charge is 0.335 e. The summed E-state index contributed by atoms with van der Waals surface area (Å²) in [5, 5.41) is 8.79. The fourth-order valence-electron chi connectivity index (χ4n) is 1.30. The van der Waals surface area contributed by atoms with Crippen molar-refractivity contribution < 1.29 is 23.1 Å². The van der Waals surface area contributed by atoms with Gasteiger partial charge in [-0.15, -0.1) is 0 Å². The Bertz CT molecular complexity index is 512. The molecule has 0 heterocycles. The van der Waals surface area contributed by atoms with Gasteiger partial charge in [0.25, 0.3) is 0 Å². The molecule has 0 aliphatic carbocycles. The van der Waals surface area contributed by atoms with Crippen molar-refractivity contribution in [1.82, 2.24) is 4.72 Å². The van der Waals surface area contributed by atoms with E-state index in [0.29, 0.717) is 13.0 Å². The molecule has 1 aromatic rings. The zero-order valence-electron chi connectivity index (χ0n) is 9.92. The van der Waals surface area contributed by atoms with E-state index in [1.807, 2.05) is 0 Å². The highest BCUT2D eigenvalue weighted by atomic mass is 32.2. The first-order valence-corrected chi connectivity index (χ1v) is 6.77. The Hall–Kier alpha value is -1.44. The lowest BCUT2D eigenvalue weighted by atomic mass is 10.2. The number of benzene rings is 1. The molecule has 0 saturated heterocycles. The molecule has 6 nitrogen and oxygen atoms in total. The summed E-state index contributed by atoms with van der Waals surface area (Å²) in [6, 6.07) is 5.21. The van der Waals surface area contributed by atoms with Crippen molar-refractivity contribution in [3.63, 3.8) is 0 Å². The van der Waals surface area contributed by atoms with E-state index in [1.54, 1.807) is 0 Å². The van der Waals surface area contributed by atoms with Crippen molar-refractivity contribution in [2.75, 3.05) is 20.3 Å². The fourth-order valence-corrected chi connectivity index (χ4v) is 2.42. The van der Waals surface area contributed by atoms with E-state index in [0.717, 1.165) is 6.07 Å². The normalized spacial score (nSPS) is 11.4. The number of aromatic carboxylic acids is 1. The number of ether oxygens (including phenoxy) is 1. The third-order valence-corrected chi connectivity index (χ3v) is 3.67. The van der Waals surface area contributed by atoms with E-state index in [1.165, 1.54) is 25.3 Å². The van der Waals surface area contributed by atoms with Gasteiger partial charge in [-0.3, -0.25) is 0 Å². The molecule has 0 fully saturated rings. The van der Waals surface area contributed by atoms with Gasteiger partial charge in [0, 0.05) is 20.3 Å². The number of methoxy groups -OCH3 is 1. The van der Waals surface area contributed by atoms with Crippen molar-refractivity contribution >= 4 is 16.0 Å². The van der Waals surface area contributed by atoms with E-state index in [2.05, 4.69) is 4.72 Å². The maximum atomic E-state index is 11.8. The SMILES string of the molecule is COCCCNS(=O)(=O)c1cccc(C(=O)O)c1. The van der Waals surface area contributed by atoms with E-state index >= 15 is 0 Å². The van der Waals surface area contributed by atoms with Gasteiger partial charge >= 0.3 is 5.97 Å². The topological polar surface area (TPSA) is 92.7 Å². The summed E-state index contributed by atoms with van der Waals surface area (Å²) < 4.78 is 30.8. The van der Waals surface area contributed by atoms with Gasteiger partial charge in [0.1, 0.15) is 0 Å². The Morgan fingerprint density at radius 3 is 2.78 bits per heavy atom. The molecule has 0 amide bonds. The Kier molecular flexibility index (Phi) is 5.26. The molecule has 0 aliphatic rings.